The monoisotopic (exact) mass is 384 g/mol. The molecule has 0 aromatic heterocycles. The summed E-state index contributed by atoms with van der Waals surface area (Å²) in [6, 6.07) is 11.5. The molecule has 2 aliphatic heterocycles. The number of hydrogen-bond acceptors (Lipinski definition) is 10. The van der Waals surface area contributed by atoms with Crippen LogP contribution in [0.5, 0.6) is 0 Å². The molecule has 2 aromatic carbocycles. The first kappa shape index (κ1) is 17.6. The van der Waals surface area contributed by atoms with E-state index in [4.69, 9.17) is 19.4 Å². The molecule has 2 heterocycles. The Kier molecular flexibility index (Phi) is 4.47. The topological polar surface area (TPSA) is 112 Å². The van der Waals surface area contributed by atoms with Crippen LogP contribution in [-0.2, 0) is 19.4 Å². The molecule has 0 spiro atoms. The summed E-state index contributed by atoms with van der Waals surface area (Å²) in [4.78, 5) is 70.2. The number of hydrogen-bond donors (Lipinski definition) is 0. The molecule has 0 N–H and O–H groups in total. The van der Waals surface area contributed by atoms with E-state index < -0.39 is 23.9 Å². The van der Waals surface area contributed by atoms with Crippen molar-refractivity contribution in [2.75, 3.05) is 13.1 Å². The molecule has 0 radical (unpaired) electrons. The molecule has 0 saturated carbocycles. The minimum atomic E-state index is -0.920. The molecule has 28 heavy (non-hydrogen) atoms. The van der Waals surface area contributed by atoms with Gasteiger partial charge in [-0.25, -0.2) is 19.2 Å². The first-order valence-corrected chi connectivity index (χ1v) is 8.15. The van der Waals surface area contributed by atoms with Gasteiger partial charge in [-0.15, -0.1) is 0 Å². The highest BCUT2D eigenvalue weighted by Crippen LogP contribution is 2.19. The lowest BCUT2D eigenvalue weighted by molar-refractivity contribution is -0.336. The van der Waals surface area contributed by atoms with E-state index in [2.05, 4.69) is 0 Å². The number of fused-ring (bicyclic) bond motifs is 5. The molecule has 0 unspecified atom stereocenters. The summed E-state index contributed by atoms with van der Waals surface area (Å²) < 4.78 is 0. The molecule has 0 amide bonds. The number of rotatable bonds is 0. The quantitative estimate of drug-likeness (QED) is 0.659. The van der Waals surface area contributed by atoms with Gasteiger partial charge in [-0.2, -0.15) is 0 Å². The van der Waals surface area contributed by atoms with Gasteiger partial charge < -0.3 is 19.4 Å². The van der Waals surface area contributed by atoms with E-state index >= 15 is 0 Å². The smallest absolute Gasteiger partial charge is 0.328 e. The minimum absolute atomic E-state index is 0.112. The standard InChI is InChI=1S/C18H12N2O8/c21-15-11-5-1-2-6-12(11)16(22)26-20-10-9-19(25-15)27-17(23)13-7-3-4-8-14(13)18(24)28-20/h1-8H,9-10H2. The normalized spacial score (nSPS) is 22.0. The third-order valence-electron chi connectivity index (χ3n) is 3.94. The van der Waals surface area contributed by atoms with Crippen LogP contribution in [0.15, 0.2) is 48.5 Å². The summed E-state index contributed by atoms with van der Waals surface area (Å²) in [6.45, 7) is -0.523. The molecule has 2 aromatic rings. The van der Waals surface area contributed by atoms with Gasteiger partial charge in [0.05, 0.1) is 35.3 Å². The van der Waals surface area contributed by atoms with Crippen molar-refractivity contribution < 1.29 is 38.5 Å². The number of carbonyl (C=O) groups excluding carboxylic acids is 4. The summed E-state index contributed by atoms with van der Waals surface area (Å²) in [6.07, 6.45) is 0. The summed E-state index contributed by atoms with van der Waals surface area (Å²) >= 11 is 0. The zero-order valence-electron chi connectivity index (χ0n) is 14.2. The van der Waals surface area contributed by atoms with E-state index in [0.717, 1.165) is 0 Å². The van der Waals surface area contributed by atoms with Crippen molar-refractivity contribution in [3.63, 3.8) is 0 Å². The third-order valence-corrected chi connectivity index (χ3v) is 3.94. The Morgan fingerprint density at radius 3 is 1.00 bits per heavy atom. The minimum Gasteiger partial charge on any atom is -0.328 e. The maximum absolute atomic E-state index is 12.4. The Morgan fingerprint density at radius 1 is 0.500 bits per heavy atom. The van der Waals surface area contributed by atoms with Crippen LogP contribution in [0.25, 0.3) is 0 Å². The summed E-state index contributed by atoms with van der Waals surface area (Å²) in [5.74, 6) is -3.68. The fraction of sp³-hybridized carbons (Fsp3) is 0.111. The van der Waals surface area contributed by atoms with Crippen LogP contribution >= 0.6 is 0 Å². The van der Waals surface area contributed by atoms with Gasteiger partial charge >= 0.3 is 23.9 Å². The lowest BCUT2D eigenvalue weighted by Crippen LogP contribution is -2.42. The Hall–Kier alpha value is -3.76. The summed E-state index contributed by atoms with van der Waals surface area (Å²) in [5.41, 5.74) is -0.447. The average molecular weight is 384 g/mol. The lowest BCUT2D eigenvalue weighted by atomic mass is 10.1. The summed E-state index contributed by atoms with van der Waals surface area (Å²) in [7, 11) is 0. The molecule has 2 aliphatic rings. The van der Waals surface area contributed by atoms with Crippen molar-refractivity contribution >= 4 is 23.9 Å². The van der Waals surface area contributed by atoms with Gasteiger partial charge in [-0.3, -0.25) is 0 Å². The highest BCUT2D eigenvalue weighted by molar-refractivity contribution is 6.04. The second-order valence-corrected chi connectivity index (χ2v) is 5.72. The van der Waals surface area contributed by atoms with Crippen LogP contribution in [0.4, 0.5) is 0 Å². The van der Waals surface area contributed by atoms with E-state index in [0.29, 0.717) is 10.5 Å². The maximum atomic E-state index is 12.4. The van der Waals surface area contributed by atoms with Crippen molar-refractivity contribution in [2.45, 2.75) is 0 Å². The van der Waals surface area contributed by atoms with Crippen LogP contribution in [0.2, 0.25) is 0 Å². The Balaban J connectivity index is 1.78. The molecule has 0 atom stereocenters. The van der Waals surface area contributed by atoms with Crippen molar-refractivity contribution in [3.05, 3.63) is 70.8 Å². The van der Waals surface area contributed by atoms with Gasteiger partial charge in [0.15, 0.2) is 0 Å². The van der Waals surface area contributed by atoms with Gasteiger partial charge in [0.25, 0.3) is 0 Å². The molecule has 10 heteroatoms. The molecule has 10 nitrogen and oxygen atoms in total. The highest BCUT2D eigenvalue weighted by Gasteiger charge is 2.32. The Morgan fingerprint density at radius 2 is 0.750 bits per heavy atom. The van der Waals surface area contributed by atoms with Crippen LogP contribution < -0.4 is 0 Å². The van der Waals surface area contributed by atoms with Gasteiger partial charge in [0, 0.05) is 10.5 Å². The number of benzene rings is 2. The second-order valence-electron chi connectivity index (χ2n) is 5.72. The van der Waals surface area contributed by atoms with E-state index in [9.17, 15) is 19.2 Å². The van der Waals surface area contributed by atoms with Crippen molar-refractivity contribution in [3.8, 4) is 0 Å². The fourth-order valence-electron chi connectivity index (χ4n) is 2.63. The Bertz CT molecular complexity index is 836. The van der Waals surface area contributed by atoms with E-state index in [-0.39, 0.29) is 35.3 Å². The van der Waals surface area contributed by atoms with Crippen LogP contribution in [-0.4, -0.2) is 47.4 Å². The molecular weight excluding hydrogens is 372 g/mol. The van der Waals surface area contributed by atoms with Crippen molar-refractivity contribution in [1.82, 2.24) is 10.5 Å². The largest absolute Gasteiger partial charge is 0.361 e. The molecule has 4 rings (SSSR count). The number of carbonyl (C=O) groups is 4. The SMILES string of the molecule is O=C1ON2CCN(OC(=O)c3ccccc31)OC(=O)c1ccccc1C(=O)O2. The molecule has 2 bridgehead atoms. The zero-order chi connectivity index (χ0) is 19.7. The Labute approximate surface area is 157 Å². The maximum Gasteiger partial charge on any atom is 0.361 e. The number of nitrogens with zero attached hydrogens (tertiary/aromatic N) is 2. The molecule has 0 aliphatic carbocycles. The summed E-state index contributed by atoms with van der Waals surface area (Å²) in [5, 5.41) is 1.28. The van der Waals surface area contributed by atoms with Crippen molar-refractivity contribution in [1.29, 1.82) is 0 Å². The fourth-order valence-corrected chi connectivity index (χ4v) is 2.63. The molecular formula is C18H12N2O8. The zero-order valence-corrected chi connectivity index (χ0v) is 14.2. The number of hydroxylamine groups is 4. The first-order valence-electron chi connectivity index (χ1n) is 8.15. The molecule has 142 valence electrons. The van der Waals surface area contributed by atoms with Crippen LogP contribution in [0.3, 0.4) is 0 Å². The van der Waals surface area contributed by atoms with E-state index in [1.165, 1.54) is 48.5 Å². The molecule has 0 fully saturated rings. The predicted molar refractivity (Wildman–Crippen MR) is 88.0 cm³/mol. The van der Waals surface area contributed by atoms with Crippen molar-refractivity contribution in [2.24, 2.45) is 0 Å². The van der Waals surface area contributed by atoms with Gasteiger partial charge in [0.2, 0.25) is 0 Å². The first-order chi connectivity index (χ1) is 13.5. The van der Waals surface area contributed by atoms with Gasteiger partial charge in [-0.05, 0) is 24.3 Å². The lowest BCUT2D eigenvalue weighted by Gasteiger charge is -2.27. The van der Waals surface area contributed by atoms with Crippen LogP contribution in [0, 0.1) is 0 Å². The van der Waals surface area contributed by atoms with Gasteiger partial charge in [0.1, 0.15) is 0 Å². The predicted octanol–water partition coefficient (Wildman–Crippen LogP) is 1.31. The highest BCUT2D eigenvalue weighted by atomic mass is 17.0. The van der Waals surface area contributed by atoms with Gasteiger partial charge in [-0.1, -0.05) is 24.3 Å². The average Bonchev–Trinajstić information content (AvgIpc) is 2.70. The third kappa shape index (κ3) is 3.29. The van der Waals surface area contributed by atoms with E-state index in [1.807, 2.05) is 0 Å². The van der Waals surface area contributed by atoms with Crippen LogP contribution in [0.1, 0.15) is 41.4 Å². The molecule has 0 saturated heterocycles. The van der Waals surface area contributed by atoms with E-state index in [1.54, 1.807) is 0 Å². The second kappa shape index (κ2) is 7.10.